The average Bonchev–Trinajstić information content (AvgIpc) is 1.88. The Morgan fingerprint density at radius 3 is 2.40 bits per heavy atom. The van der Waals surface area contributed by atoms with Crippen LogP contribution in [-0.2, 0) is 9.59 Å². The van der Waals surface area contributed by atoms with Crippen molar-refractivity contribution in [3.8, 4) is 0 Å². The van der Waals surface area contributed by atoms with Crippen LogP contribution in [0.4, 0.5) is 0 Å². The molecule has 0 aliphatic rings. The molecule has 0 aromatic rings. The topological polar surface area (TPSA) is 66.7 Å². The van der Waals surface area contributed by atoms with Crippen LogP contribution >= 0.6 is 0 Å². The predicted molar refractivity (Wildman–Crippen MR) is 34.5 cm³/mol. The molecule has 1 N–H and O–H groups in total. The van der Waals surface area contributed by atoms with Crippen molar-refractivity contribution >= 4 is 12.0 Å². The summed E-state index contributed by atoms with van der Waals surface area (Å²) in [6.07, 6.45) is 1.52. The number of aliphatic carboxylic acids is 1. The van der Waals surface area contributed by atoms with Gasteiger partial charge in [-0.2, -0.15) is 4.99 Å². The van der Waals surface area contributed by atoms with E-state index in [-0.39, 0.29) is 6.42 Å². The molecule has 4 nitrogen and oxygen atoms in total. The van der Waals surface area contributed by atoms with Gasteiger partial charge in [-0.3, -0.25) is 0 Å². The number of carboxylic acids is 1. The van der Waals surface area contributed by atoms with Crippen LogP contribution < -0.4 is 0 Å². The second kappa shape index (κ2) is 3.13. The lowest BCUT2D eigenvalue weighted by Crippen LogP contribution is -2.31. The number of carbonyl (C=O) groups is 1. The lowest BCUT2D eigenvalue weighted by Gasteiger charge is -2.13. The average molecular weight is 143 g/mol. The molecule has 0 bridgehead atoms. The summed E-state index contributed by atoms with van der Waals surface area (Å²) >= 11 is 0. The summed E-state index contributed by atoms with van der Waals surface area (Å²) in [6, 6.07) is 0. The number of isocyanates is 1. The molecule has 0 saturated heterocycles. The van der Waals surface area contributed by atoms with Gasteiger partial charge in [0.1, 0.15) is 0 Å². The molecule has 0 saturated carbocycles. The van der Waals surface area contributed by atoms with Crippen molar-refractivity contribution in [3.05, 3.63) is 0 Å². The van der Waals surface area contributed by atoms with Gasteiger partial charge in [0.15, 0.2) is 5.54 Å². The molecule has 0 spiro atoms. The number of hydrogen-bond acceptors (Lipinski definition) is 3. The van der Waals surface area contributed by atoms with E-state index in [0.29, 0.717) is 0 Å². The van der Waals surface area contributed by atoms with E-state index in [4.69, 9.17) is 5.11 Å². The first kappa shape index (κ1) is 8.85. The van der Waals surface area contributed by atoms with Crippen LogP contribution in [-0.4, -0.2) is 22.7 Å². The first-order chi connectivity index (χ1) is 4.56. The Morgan fingerprint density at radius 1 is 1.80 bits per heavy atom. The Bertz CT molecular complexity index is 179. The van der Waals surface area contributed by atoms with E-state index >= 15 is 0 Å². The Hall–Kier alpha value is -1.15. The minimum Gasteiger partial charge on any atom is -0.479 e. The van der Waals surface area contributed by atoms with Gasteiger partial charge in [-0.05, 0) is 13.3 Å². The van der Waals surface area contributed by atoms with Crippen LogP contribution in [0.25, 0.3) is 0 Å². The largest absolute Gasteiger partial charge is 0.479 e. The summed E-state index contributed by atoms with van der Waals surface area (Å²) in [4.78, 5) is 23.3. The van der Waals surface area contributed by atoms with Crippen LogP contribution in [0.3, 0.4) is 0 Å². The van der Waals surface area contributed by atoms with E-state index in [9.17, 15) is 9.59 Å². The Kier molecular flexibility index (Phi) is 2.77. The molecule has 0 heterocycles. The summed E-state index contributed by atoms with van der Waals surface area (Å²) in [6.45, 7) is 3.02. The molecule has 10 heavy (non-hydrogen) atoms. The Labute approximate surface area is 58.6 Å². The number of carbonyl (C=O) groups excluding carboxylic acids is 1. The van der Waals surface area contributed by atoms with E-state index in [1.165, 1.54) is 13.0 Å². The smallest absolute Gasteiger partial charge is 0.332 e. The quantitative estimate of drug-likeness (QED) is 0.464. The van der Waals surface area contributed by atoms with Gasteiger partial charge in [0.25, 0.3) is 0 Å². The molecule has 0 aliphatic carbocycles. The molecule has 0 aromatic carbocycles. The van der Waals surface area contributed by atoms with Gasteiger partial charge in [-0.25, -0.2) is 9.59 Å². The second-order valence-corrected chi connectivity index (χ2v) is 2.14. The van der Waals surface area contributed by atoms with Crippen LogP contribution in [0.5, 0.6) is 0 Å². The van der Waals surface area contributed by atoms with Crippen molar-refractivity contribution in [1.29, 1.82) is 0 Å². The predicted octanol–water partition coefficient (Wildman–Crippen LogP) is 0.576. The molecular formula is C6H9NO3. The highest BCUT2D eigenvalue weighted by Crippen LogP contribution is 2.13. The molecule has 0 rings (SSSR count). The van der Waals surface area contributed by atoms with Crippen molar-refractivity contribution < 1.29 is 14.7 Å². The monoisotopic (exact) mass is 143 g/mol. The van der Waals surface area contributed by atoms with E-state index in [1.807, 2.05) is 0 Å². The van der Waals surface area contributed by atoms with Gasteiger partial charge in [0, 0.05) is 0 Å². The van der Waals surface area contributed by atoms with Crippen LogP contribution in [0, 0.1) is 0 Å². The fourth-order valence-electron chi connectivity index (χ4n) is 0.379. The molecule has 0 radical (unpaired) electrons. The van der Waals surface area contributed by atoms with Crippen LogP contribution in [0.2, 0.25) is 0 Å². The van der Waals surface area contributed by atoms with Gasteiger partial charge in [0.05, 0.1) is 0 Å². The van der Waals surface area contributed by atoms with Crippen molar-refractivity contribution in [2.45, 2.75) is 25.8 Å². The summed E-state index contributed by atoms with van der Waals surface area (Å²) in [7, 11) is 0. The molecule has 56 valence electrons. The molecule has 0 fully saturated rings. The normalized spacial score (nSPS) is 15.0. The number of carboxylic acid groups (broad SMARTS) is 1. The zero-order chi connectivity index (χ0) is 8.20. The number of aliphatic imine (C=N–C) groups is 1. The molecular weight excluding hydrogens is 134 g/mol. The van der Waals surface area contributed by atoms with E-state index in [1.54, 1.807) is 6.92 Å². The van der Waals surface area contributed by atoms with Crippen molar-refractivity contribution in [2.24, 2.45) is 4.99 Å². The summed E-state index contributed by atoms with van der Waals surface area (Å²) in [5.74, 6) is -1.10. The van der Waals surface area contributed by atoms with Crippen LogP contribution in [0.1, 0.15) is 20.3 Å². The van der Waals surface area contributed by atoms with Gasteiger partial charge in [-0.1, -0.05) is 6.92 Å². The summed E-state index contributed by atoms with van der Waals surface area (Å²) < 4.78 is 0. The molecule has 0 aromatic heterocycles. The molecule has 1 unspecified atom stereocenters. The minimum absolute atomic E-state index is 0.289. The molecule has 0 amide bonds. The highest BCUT2D eigenvalue weighted by Gasteiger charge is 2.30. The summed E-state index contributed by atoms with van der Waals surface area (Å²) in [5.41, 5.74) is -1.29. The fourth-order valence-corrected chi connectivity index (χ4v) is 0.379. The number of rotatable bonds is 3. The lowest BCUT2D eigenvalue weighted by atomic mass is 10.0. The first-order valence-corrected chi connectivity index (χ1v) is 2.89. The maximum absolute atomic E-state index is 10.4. The third-order valence-electron chi connectivity index (χ3n) is 1.44. The third-order valence-corrected chi connectivity index (χ3v) is 1.44. The van der Waals surface area contributed by atoms with E-state index in [2.05, 4.69) is 4.99 Å². The fraction of sp³-hybridized carbons (Fsp3) is 0.667. The van der Waals surface area contributed by atoms with Gasteiger partial charge in [-0.15, -0.1) is 0 Å². The maximum Gasteiger partial charge on any atom is 0.332 e. The van der Waals surface area contributed by atoms with Gasteiger partial charge >= 0.3 is 5.97 Å². The number of nitrogens with zero attached hydrogens (tertiary/aromatic N) is 1. The minimum atomic E-state index is -1.29. The molecule has 1 atom stereocenters. The van der Waals surface area contributed by atoms with Gasteiger partial charge < -0.3 is 5.11 Å². The third kappa shape index (κ3) is 1.67. The zero-order valence-corrected chi connectivity index (χ0v) is 5.92. The van der Waals surface area contributed by atoms with E-state index in [0.717, 1.165) is 0 Å². The molecule has 0 aliphatic heterocycles. The zero-order valence-electron chi connectivity index (χ0n) is 5.92. The Morgan fingerprint density at radius 2 is 2.30 bits per heavy atom. The molecule has 4 heteroatoms. The lowest BCUT2D eigenvalue weighted by molar-refractivity contribution is -0.142. The van der Waals surface area contributed by atoms with E-state index < -0.39 is 11.5 Å². The second-order valence-electron chi connectivity index (χ2n) is 2.14. The number of hydrogen-bond donors (Lipinski definition) is 1. The van der Waals surface area contributed by atoms with Crippen molar-refractivity contribution in [3.63, 3.8) is 0 Å². The highest BCUT2D eigenvalue weighted by molar-refractivity contribution is 5.79. The van der Waals surface area contributed by atoms with Crippen LogP contribution in [0.15, 0.2) is 4.99 Å². The highest BCUT2D eigenvalue weighted by atomic mass is 16.4. The van der Waals surface area contributed by atoms with Crippen molar-refractivity contribution in [2.75, 3.05) is 0 Å². The van der Waals surface area contributed by atoms with Crippen molar-refractivity contribution in [1.82, 2.24) is 0 Å². The van der Waals surface area contributed by atoms with Gasteiger partial charge in [0.2, 0.25) is 6.08 Å². The standard InChI is InChI=1S/C6H9NO3/c1-3-6(2,5(9)10)7-4-8/h3H2,1-2H3,(H,9,10). The maximum atomic E-state index is 10.4. The Balaban J connectivity index is 4.54. The summed E-state index contributed by atoms with van der Waals surface area (Å²) in [5, 5.41) is 8.49. The SMILES string of the molecule is CCC(C)(N=C=O)C(=O)O. The first-order valence-electron chi connectivity index (χ1n) is 2.89.